The molecule has 0 radical (unpaired) electrons. The van der Waals surface area contributed by atoms with E-state index >= 15 is 4.39 Å². The molecule has 4 aromatic rings. The maximum Gasteiger partial charge on any atom is 0.422 e. The number of benzene rings is 3. The van der Waals surface area contributed by atoms with Gasteiger partial charge in [0.2, 0.25) is 0 Å². The number of rotatable bonds is 8. The van der Waals surface area contributed by atoms with Crippen molar-refractivity contribution in [2.45, 2.75) is 31.9 Å². The second kappa shape index (κ2) is 10.7. The maximum absolute atomic E-state index is 15.2. The van der Waals surface area contributed by atoms with Gasteiger partial charge in [-0.1, -0.05) is 30.3 Å². The summed E-state index contributed by atoms with van der Waals surface area (Å²) in [6.45, 7) is 0.679. The van der Waals surface area contributed by atoms with Crippen molar-refractivity contribution in [2.24, 2.45) is 0 Å². The van der Waals surface area contributed by atoms with Crippen molar-refractivity contribution in [1.29, 1.82) is 0 Å². The van der Waals surface area contributed by atoms with E-state index in [4.69, 9.17) is 4.74 Å². The van der Waals surface area contributed by atoms with Gasteiger partial charge >= 0.3 is 6.18 Å². The molecule has 188 valence electrons. The third-order valence-electron chi connectivity index (χ3n) is 6.04. The number of halogens is 6. The van der Waals surface area contributed by atoms with Crippen LogP contribution in [0.25, 0.3) is 22.0 Å². The summed E-state index contributed by atoms with van der Waals surface area (Å²) in [7, 11) is 1.66. The minimum atomic E-state index is -5.13. The van der Waals surface area contributed by atoms with E-state index in [9.17, 15) is 22.0 Å². The quantitative estimate of drug-likeness (QED) is 0.182. The normalized spacial score (nSPS) is 11.9. The van der Waals surface area contributed by atoms with E-state index in [1.807, 2.05) is 24.4 Å². The molecule has 0 N–H and O–H groups in total. The summed E-state index contributed by atoms with van der Waals surface area (Å²) in [4.78, 5) is 4.51. The second-order valence-corrected chi connectivity index (χ2v) is 8.55. The number of alkyl halides is 3. The summed E-state index contributed by atoms with van der Waals surface area (Å²) in [5.74, 6) is -3.84. The van der Waals surface area contributed by atoms with Crippen LogP contribution < -0.4 is 0 Å². The highest BCUT2D eigenvalue weighted by molar-refractivity contribution is 5.88. The highest BCUT2D eigenvalue weighted by Gasteiger charge is 2.37. The van der Waals surface area contributed by atoms with Gasteiger partial charge in [-0.3, -0.25) is 4.98 Å². The van der Waals surface area contributed by atoms with Crippen LogP contribution in [0.4, 0.5) is 26.3 Å². The third kappa shape index (κ3) is 5.70. The first-order valence-electron chi connectivity index (χ1n) is 11.4. The zero-order chi connectivity index (χ0) is 25.9. The second-order valence-electron chi connectivity index (χ2n) is 8.55. The molecule has 3 aromatic carbocycles. The smallest absolute Gasteiger partial charge is 0.385 e. The van der Waals surface area contributed by atoms with Crippen molar-refractivity contribution in [3.63, 3.8) is 0 Å². The van der Waals surface area contributed by atoms with Crippen molar-refractivity contribution < 1.29 is 31.1 Å². The minimum Gasteiger partial charge on any atom is -0.385 e. The molecule has 0 aliphatic rings. The van der Waals surface area contributed by atoms with Gasteiger partial charge in [-0.25, -0.2) is 13.2 Å². The van der Waals surface area contributed by atoms with Crippen LogP contribution in [0.2, 0.25) is 0 Å². The topological polar surface area (TPSA) is 22.1 Å². The van der Waals surface area contributed by atoms with Crippen molar-refractivity contribution in [3.05, 3.63) is 100 Å². The SMILES string of the molecule is COCCCc1ccc(-c2ccc3c(F)c(CCc4cc(F)c(C(F)(F)F)c(F)c4)ccc3c2)nc1. The summed E-state index contributed by atoms with van der Waals surface area (Å²) < 4.78 is 86.2. The van der Waals surface area contributed by atoms with Gasteiger partial charge in [-0.05, 0) is 72.0 Å². The number of ether oxygens (including phenoxy) is 1. The van der Waals surface area contributed by atoms with Gasteiger partial charge in [0.1, 0.15) is 23.0 Å². The fourth-order valence-corrected chi connectivity index (χ4v) is 4.17. The fourth-order valence-electron chi connectivity index (χ4n) is 4.17. The number of fused-ring (bicyclic) bond motifs is 1. The van der Waals surface area contributed by atoms with Crippen molar-refractivity contribution in [3.8, 4) is 11.3 Å². The number of methoxy groups -OCH3 is 1. The Hall–Kier alpha value is -3.39. The molecule has 1 aromatic heterocycles. The molecule has 0 unspecified atom stereocenters. The Balaban J connectivity index is 1.51. The fraction of sp³-hybridized carbons (Fsp3) is 0.250. The lowest BCUT2D eigenvalue weighted by Crippen LogP contribution is -2.12. The number of hydrogen-bond acceptors (Lipinski definition) is 2. The summed E-state index contributed by atoms with van der Waals surface area (Å²) in [6.07, 6.45) is -1.51. The lowest BCUT2D eigenvalue weighted by molar-refractivity contribution is -0.142. The standard InChI is InChI=1S/C28H23F6NO/c1-36-12-2-3-17-5-11-25(35-16-17)21-9-10-22-20(15-21)8-7-19(27(22)31)6-4-18-13-23(29)26(24(30)14-18)28(32,33)34/h5,7-11,13-16H,2-4,6,12H2,1H3. The first-order valence-corrected chi connectivity index (χ1v) is 11.4. The third-order valence-corrected chi connectivity index (χ3v) is 6.04. The number of pyridine rings is 1. The highest BCUT2D eigenvalue weighted by atomic mass is 19.4. The Labute approximate surface area is 204 Å². The Morgan fingerprint density at radius 2 is 1.56 bits per heavy atom. The van der Waals surface area contributed by atoms with E-state index < -0.39 is 29.2 Å². The average molecular weight is 503 g/mol. The van der Waals surface area contributed by atoms with Gasteiger partial charge in [-0.2, -0.15) is 13.2 Å². The first kappa shape index (κ1) is 25.7. The van der Waals surface area contributed by atoms with Crippen LogP contribution in [0, 0.1) is 17.5 Å². The van der Waals surface area contributed by atoms with Crippen LogP contribution in [0.1, 0.15) is 28.7 Å². The molecular weight excluding hydrogens is 480 g/mol. The number of aromatic nitrogens is 1. The zero-order valence-corrected chi connectivity index (χ0v) is 19.4. The lowest BCUT2D eigenvalue weighted by Gasteiger charge is -2.12. The largest absolute Gasteiger partial charge is 0.422 e. The molecule has 36 heavy (non-hydrogen) atoms. The van der Waals surface area contributed by atoms with Crippen LogP contribution in [-0.4, -0.2) is 18.7 Å². The summed E-state index contributed by atoms with van der Waals surface area (Å²) in [5, 5.41) is 1.03. The lowest BCUT2D eigenvalue weighted by atomic mass is 9.97. The van der Waals surface area contributed by atoms with Crippen molar-refractivity contribution in [2.75, 3.05) is 13.7 Å². The molecule has 0 saturated heterocycles. The molecule has 0 bridgehead atoms. The molecule has 2 nitrogen and oxygen atoms in total. The summed E-state index contributed by atoms with van der Waals surface area (Å²) >= 11 is 0. The number of hydrogen-bond donors (Lipinski definition) is 0. The van der Waals surface area contributed by atoms with Gasteiger partial charge < -0.3 is 4.74 Å². The van der Waals surface area contributed by atoms with Crippen molar-refractivity contribution in [1.82, 2.24) is 4.98 Å². The Morgan fingerprint density at radius 1 is 0.806 bits per heavy atom. The molecule has 4 rings (SSSR count). The Bertz CT molecular complexity index is 1340. The van der Waals surface area contributed by atoms with Gasteiger partial charge in [0.15, 0.2) is 0 Å². The average Bonchev–Trinajstić information content (AvgIpc) is 2.83. The minimum absolute atomic E-state index is 0.0181. The van der Waals surface area contributed by atoms with Crippen LogP contribution >= 0.6 is 0 Å². The molecule has 8 heteroatoms. The Kier molecular flexibility index (Phi) is 7.64. The van der Waals surface area contributed by atoms with Gasteiger partial charge in [0.25, 0.3) is 0 Å². The van der Waals surface area contributed by atoms with Crippen LogP contribution in [0.15, 0.2) is 60.8 Å². The number of nitrogens with zero attached hydrogens (tertiary/aromatic N) is 1. The van der Waals surface area contributed by atoms with Crippen LogP contribution in [0.5, 0.6) is 0 Å². The van der Waals surface area contributed by atoms with E-state index in [2.05, 4.69) is 4.98 Å². The monoisotopic (exact) mass is 503 g/mol. The number of aryl methyl sites for hydroxylation is 3. The summed E-state index contributed by atoms with van der Waals surface area (Å²) in [6, 6.07) is 13.8. The zero-order valence-electron chi connectivity index (χ0n) is 19.4. The van der Waals surface area contributed by atoms with Gasteiger partial charge in [-0.15, -0.1) is 0 Å². The van der Waals surface area contributed by atoms with Crippen molar-refractivity contribution >= 4 is 10.8 Å². The highest BCUT2D eigenvalue weighted by Crippen LogP contribution is 2.34. The molecule has 0 atom stereocenters. The Morgan fingerprint density at radius 3 is 2.19 bits per heavy atom. The molecule has 0 amide bonds. The van der Waals surface area contributed by atoms with Crippen LogP contribution in [0.3, 0.4) is 0 Å². The van der Waals surface area contributed by atoms with E-state index in [-0.39, 0.29) is 18.4 Å². The van der Waals surface area contributed by atoms with E-state index in [1.54, 1.807) is 31.4 Å². The van der Waals surface area contributed by atoms with Crippen LogP contribution in [-0.2, 0) is 30.2 Å². The molecule has 0 aliphatic heterocycles. The molecule has 0 spiro atoms. The predicted octanol–water partition coefficient (Wildman–Crippen LogP) is 7.70. The molecule has 0 aliphatic carbocycles. The van der Waals surface area contributed by atoms with Gasteiger partial charge in [0, 0.05) is 30.9 Å². The predicted molar refractivity (Wildman–Crippen MR) is 126 cm³/mol. The van der Waals surface area contributed by atoms with E-state index in [0.29, 0.717) is 35.1 Å². The molecule has 0 saturated carbocycles. The van der Waals surface area contributed by atoms with Gasteiger partial charge in [0.05, 0.1) is 5.69 Å². The maximum atomic E-state index is 15.2. The summed E-state index contributed by atoms with van der Waals surface area (Å²) in [5.41, 5.74) is 1.07. The van der Waals surface area contributed by atoms with E-state index in [1.165, 1.54) is 0 Å². The molecule has 1 heterocycles. The van der Waals surface area contributed by atoms with E-state index in [0.717, 1.165) is 29.7 Å². The first-order chi connectivity index (χ1) is 17.2. The molecular formula is C28H23F6NO. The molecule has 0 fully saturated rings.